The number of amides is 2. The molecule has 0 bridgehead atoms. The van der Waals surface area contributed by atoms with E-state index in [-0.39, 0.29) is 23.7 Å². The number of carboxylic acids is 1. The van der Waals surface area contributed by atoms with E-state index in [4.69, 9.17) is 5.11 Å². The van der Waals surface area contributed by atoms with E-state index in [1.807, 2.05) is 13.8 Å². The largest absolute Gasteiger partial charge is 0.480 e. The van der Waals surface area contributed by atoms with E-state index in [1.165, 1.54) is 0 Å². The Labute approximate surface area is 120 Å². The molecule has 0 aliphatic carbocycles. The summed E-state index contributed by atoms with van der Waals surface area (Å²) in [6.45, 7) is 7.60. The SMILES string of the molecule is CC(C)C(=O)NCCCCC(NC(=O)C(C)C)C(=O)O. The van der Waals surface area contributed by atoms with Gasteiger partial charge in [-0.2, -0.15) is 0 Å². The quantitative estimate of drug-likeness (QED) is 0.554. The predicted molar refractivity (Wildman–Crippen MR) is 76.1 cm³/mol. The van der Waals surface area contributed by atoms with Gasteiger partial charge in [-0.05, 0) is 19.3 Å². The minimum absolute atomic E-state index is 0.00658. The van der Waals surface area contributed by atoms with Gasteiger partial charge in [-0.1, -0.05) is 27.7 Å². The van der Waals surface area contributed by atoms with Crippen molar-refractivity contribution in [3.63, 3.8) is 0 Å². The molecule has 0 fully saturated rings. The summed E-state index contributed by atoms with van der Waals surface area (Å²) in [5.41, 5.74) is 0. The Balaban J connectivity index is 3.96. The van der Waals surface area contributed by atoms with E-state index >= 15 is 0 Å². The minimum atomic E-state index is -1.02. The summed E-state index contributed by atoms with van der Waals surface area (Å²) in [5.74, 6) is -1.57. The fraction of sp³-hybridized carbons (Fsp3) is 0.786. The van der Waals surface area contributed by atoms with Crippen LogP contribution in [-0.4, -0.2) is 35.5 Å². The molecular weight excluding hydrogens is 260 g/mol. The number of nitrogens with one attached hydrogen (secondary N) is 2. The molecule has 6 heteroatoms. The van der Waals surface area contributed by atoms with Crippen LogP contribution in [0.1, 0.15) is 47.0 Å². The minimum Gasteiger partial charge on any atom is -0.480 e. The van der Waals surface area contributed by atoms with Gasteiger partial charge >= 0.3 is 5.97 Å². The average molecular weight is 286 g/mol. The van der Waals surface area contributed by atoms with Gasteiger partial charge in [0.25, 0.3) is 0 Å². The van der Waals surface area contributed by atoms with Crippen molar-refractivity contribution in [1.82, 2.24) is 10.6 Å². The standard InChI is InChI=1S/C14H26N2O4/c1-9(2)12(17)15-8-6-5-7-11(14(19)20)16-13(18)10(3)4/h9-11H,5-8H2,1-4H3,(H,15,17)(H,16,18)(H,19,20). The van der Waals surface area contributed by atoms with Gasteiger partial charge in [-0.25, -0.2) is 4.79 Å². The second-order valence-corrected chi connectivity index (χ2v) is 5.50. The van der Waals surface area contributed by atoms with Gasteiger partial charge in [-0.15, -0.1) is 0 Å². The van der Waals surface area contributed by atoms with E-state index < -0.39 is 12.0 Å². The van der Waals surface area contributed by atoms with Crippen molar-refractivity contribution in [2.75, 3.05) is 6.54 Å². The van der Waals surface area contributed by atoms with Crippen molar-refractivity contribution in [3.8, 4) is 0 Å². The fourth-order valence-electron chi connectivity index (χ4n) is 1.48. The number of hydrogen-bond donors (Lipinski definition) is 3. The molecule has 0 aliphatic heterocycles. The van der Waals surface area contributed by atoms with Crippen LogP contribution in [0.5, 0.6) is 0 Å². The molecule has 20 heavy (non-hydrogen) atoms. The van der Waals surface area contributed by atoms with E-state index in [1.54, 1.807) is 13.8 Å². The lowest BCUT2D eigenvalue weighted by atomic mass is 10.1. The van der Waals surface area contributed by atoms with E-state index in [0.717, 1.165) is 0 Å². The third kappa shape index (κ3) is 7.76. The molecule has 1 unspecified atom stereocenters. The molecule has 2 amide bonds. The van der Waals surface area contributed by atoms with E-state index in [2.05, 4.69) is 10.6 Å². The normalized spacial score (nSPS) is 12.3. The van der Waals surface area contributed by atoms with Gasteiger partial charge in [-0.3, -0.25) is 9.59 Å². The molecule has 0 rings (SSSR count). The number of aliphatic carboxylic acids is 1. The summed E-state index contributed by atoms with van der Waals surface area (Å²) in [7, 11) is 0. The molecule has 0 saturated carbocycles. The van der Waals surface area contributed by atoms with Gasteiger partial charge in [0.2, 0.25) is 11.8 Å². The molecule has 3 N–H and O–H groups in total. The summed E-state index contributed by atoms with van der Waals surface area (Å²) in [5, 5.41) is 14.3. The summed E-state index contributed by atoms with van der Waals surface area (Å²) < 4.78 is 0. The Kier molecular flexibility index (Phi) is 8.59. The number of hydrogen-bond acceptors (Lipinski definition) is 3. The monoisotopic (exact) mass is 286 g/mol. The van der Waals surface area contributed by atoms with Gasteiger partial charge in [0.1, 0.15) is 6.04 Å². The topological polar surface area (TPSA) is 95.5 Å². The summed E-state index contributed by atoms with van der Waals surface area (Å²) in [6, 6.07) is -0.856. The van der Waals surface area contributed by atoms with E-state index in [0.29, 0.717) is 25.8 Å². The van der Waals surface area contributed by atoms with Crippen molar-refractivity contribution in [3.05, 3.63) is 0 Å². The highest BCUT2D eigenvalue weighted by atomic mass is 16.4. The molecule has 0 aromatic heterocycles. The number of carbonyl (C=O) groups is 3. The maximum absolute atomic E-state index is 11.5. The number of carboxylic acid groups (broad SMARTS) is 1. The number of rotatable bonds is 9. The van der Waals surface area contributed by atoms with Crippen LogP contribution < -0.4 is 10.6 Å². The molecule has 0 saturated heterocycles. The highest BCUT2D eigenvalue weighted by molar-refractivity contribution is 5.84. The Morgan fingerprint density at radius 1 is 0.950 bits per heavy atom. The van der Waals surface area contributed by atoms with Crippen LogP contribution in [-0.2, 0) is 14.4 Å². The van der Waals surface area contributed by atoms with Crippen molar-refractivity contribution in [2.45, 2.75) is 53.0 Å². The fourth-order valence-corrected chi connectivity index (χ4v) is 1.48. The number of unbranched alkanes of at least 4 members (excludes halogenated alkanes) is 1. The first-order chi connectivity index (χ1) is 9.25. The first kappa shape index (κ1) is 18.4. The molecule has 6 nitrogen and oxygen atoms in total. The average Bonchev–Trinajstić information content (AvgIpc) is 2.35. The van der Waals surface area contributed by atoms with Crippen LogP contribution in [0.2, 0.25) is 0 Å². The van der Waals surface area contributed by atoms with Crippen LogP contribution in [0.15, 0.2) is 0 Å². The molecular formula is C14H26N2O4. The zero-order chi connectivity index (χ0) is 15.7. The number of carbonyl (C=O) groups excluding carboxylic acids is 2. The predicted octanol–water partition coefficient (Wildman–Crippen LogP) is 1.15. The summed E-state index contributed by atoms with van der Waals surface area (Å²) in [6.07, 6.45) is 1.69. The Hall–Kier alpha value is -1.59. The third-order valence-corrected chi connectivity index (χ3v) is 2.88. The van der Waals surface area contributed by atoms with Crippen LogP contribution in [0.4, 0.5) is 0 Å². The van der Waals surface area contributed by atoms with Gasteiger partial charge in [0.15, 0.2) is 0 Å². The molecule has 0 spiro atoms. The van der Waals surface area contributed by atoms with Crippen molar-refractivity contribution in [2.24, 2.45) is 11.8 Å². The van der Waals surface area contributed by atoms with Crippen molar-refractivity contribution >= 4 is 17.8 Å². The van der Waals surface area contributed by atoms with Gasteiger partial charge in [0, 0.05) is 18.4 Å². The van der Waals surface area contributed by atoms with Crippen LogP contribution in [0, 0.1) is 11.8 Å². The first-order valence-electron chi connectivity index (χ1n) is 7.06. The second-order valence-electron chi connectivity index (χ2n) is 5.50. The molecule has 0 aromatic rings. The van der Waals surface area contributed by atoms with Gasteiger partial charge < -0.3 is 15.7 Å². The molecule has 0 aliphatic rings. The van der Waals surface area contributed by atoms with E-state index in [9.17, 15) is 14.4 Å². The molecule has 0 radical (unpaired) electrons. The summed E-state index contributed by atoms with van der Waals surface area (Å²) in [4.78, 5) is 33.8. The maximum atomic E-state index is 11.5. The maximum Gasteiger partial charge on any atom is 0.326 e. The second kappa shape index (κ2) is 9.34. The molecule has 0 aromatic carbocycles. The third-order valence-electron chi connectivity index (χ3n) is 2.88. The summed E-state index contributed by atoms with van der Waals surface area (Å²) >= 11 is 0. The zero-order valence-electron chi connectivity index (χ0n) is 12.7. The van der Waals surface area contributed by atoms with Crippen LogP contribution >= 0.6 is 0 Å². The Morgan fingerprint density at radius 2 is 1.50 bits per heavy atom. The first-order valence-corrected chi connectivity index (χ1v) is 7.06. The van der Waals surface area contributed by atoms with Crippen molar-refractivity contribution < 1.29 is 19.5 Å². The lowest BCUT2D eigenvalue weighted by Crippen LogP contribution is -2.42. The zero-order valence-corrected chi connectivity index (χ0v) is 12.7. The highest BCUT2D eigenvalue weighted by Crippen LogP contribution is 2.03. The molecule has 1 atom stereocenters. The highest BCUT2D eigenvalue weighted by Gasteiger charge is 2.20. The Morgan fingerprint density at radius 3 is 1.95 bits per heavy atom. The lowest BCUT2D eigenvalue weighted by Gasteiger charge is -2.16. The Bertz CT molecular complexity index is 340. The van der Waals surface area contributed by atoms with Crippen LogP contribution in [0.25, 0.3) is 0 Å². The lowest BCUT2D eigenvalue weighted by molar-refractivity contribution is -0.142. The van der Waals surface area contributed by atoms with Crippen LogP contribution in [0.3, 0.4) is 0 Å². The van der Waals surface area contributed by atoms with Crippen molar-refractivity contribution in [1.29, 1.82) is 0 Å². The molecule has 0 heterocycles. The smallest absolute Gasteiger partial charge is 0.326 e. The van der Waals surface area contributed by atoms with Gasteiger partial charge in [0.05, 0.1) is 0 Å². The molecule has 116 valence electrons.